The third kappa shape index (κ3) is 4.29. The molecule has 0 aromatic heterocycles. The second-order valence-electron chi connectivity index (χ2n) is 8.59. The summed E-state index contributed by atoms with van der Waals surface area (Å²) in [4.78, 5) is 29.0. The fourth-order valence-corrected chi connectivity index (χ4v) is 5.57. The van der Waals surface area contributed by atoms with Gasteiger partial charge in [-0.15, -0.1) is 0 Å². The van der Waals surface area contributed by atoms with E-state index in [2.05, 4.69) is 0 Å². The molecule has 170 valence electrons. The Morgan fingerprint density at radius 1 is 1.03 bits per heavy atom. The van der Waals surface area contributed by atoms with Gasteiger partial charge >= 0.3 is 0 Å². The molecule has 2 aliphatic rings. The monoisotopic (exact) mass is 456 g/mol. The van der Waals surface area contributed by atoms with Crippen molar-refractivity contribution in [2.45, 2.75) is 44.0 Å². The summed E-state index contributed by atoms with van der Waals surface area (Å²) in [6.07, 6.45) is 2.01. The predicted molar refractivity (Wildman–Crippen MR) is 123 cm³/mol. The lowest BCUT2D eigenvalue weighted by atomic mass is 10.00. The van der Waals surface area contributed by atoms with Crippen molar-refractivity contribution in [1.29, 1.82) is 0 Å². The molecule has 2 aromatic carbocycles. The van der Waals surface area contributed by atoms with Crippen molar-refractivity contribution < 1.29 is 23.1 Å². The summed E-state index contributed by atoms with van der Waals surface area (Å²) >= 11 is 0. The number of sulfone groups is 1. The zero-order chi connectivity index (χ0) is 23.0. The molecule has 1 N–H and O–H groups in total. The van der Waals surface area contributed by atoms with Crippen LogP contribution in [0.1, 0.15) is 33.1 Å². The second kappa shape index (κ2) is 8.67. The minimum Gasteiger partial charge on any atom is -0.396 e. The van der Waals surface area contributed by atoms with Crippen molar-refractivity contribution in [3.05, 3.63) is 42.5 Å². The van der Waals surface area contributed by atoms with Gasteiger partial charge in [-0.1, -0.05) is 18.2 Å². The zero-order valence-corrected chi connectivity index (χ0v) is 19.1. The Balaban J connectivity index is 1.70. The number of fused-ring (bicyclic) bond motifs is 1. The Morgan fingerprint density at radius 2 is 1.69 bits per heavy atom. The number of benzene rings is 2. The fourth-order valence-electron chi connectivity index (χ4n) is 4.27. The molecule has 0 radical (unpaired) electrons. The van der Waals surface area contributed by atoms with E-state index >= 15 is 0 Å². The number of carbonyl (C=O) groups is 2. The Labute approximate surface area is 188 Å². The van der Waals surface area contributed by atoms with Crippen LogP contribution < -0.4 is 9.80 Å². The second-order valence-corrected chi connectivity index (χ2v) is 10.7. The van der Waals surface area contributed by atoms with Gasteiger partial charge in [0.25, 0.3) is 0 Å². The van der Waals surface area contributed by atoms with E-state index in [0.29, 0.717) is 12.2 Å². The molecule has 7 nitrogen and oxygen atoms in total. The molecule has 0 unspecified atom stereocenters. The molecule has 2 aromatic rings. The van der Waals surface area contributed by atoms with E-state index in [1.54, 1.807) is 34.1 Å². The number of rotatable bonds is 6. The number of amides is 2. The minimum absolute atomic E-state index is 0.0611. The highest BCUT2D eigenvalue weighted by molar-refractivity contribution is 7.91. The molecule has 0 spiro atoms. The Hall–Kier alpha value is -2.71. The maximum absolute atomic E-state index is 13.0. The molecule has 0 saturated heterocycles. The molecule has 1 aliphatic carbocycles. The standard InChI is InChI=1S/C24H28N2O5S/c1-16-15-25(24(29)19-4-5-19)23-14-20(8-11-22(23)26(16)17(2)28)18-6-9-21(10-7-18)32(30,31)13-3-12-27/h6-11,14,16,19,27H,3-5,12-13,15H2,1-2H3/t16-/m0/s1. The quantitative estimate of drug-likeness (QED) is 0.721. The lowest BCUT2D eigenvalue weighted by Gasteiger charge is -2.41. The smallest absolute Gasteiger partial charge is 0.230 e. The summed E-state index contributed by atoms with van der Waals surface area (Å²) in [5, 5.41) is 8.92. The van der Waals surface area contributed by atoms with Gasteiger partial charge in [0.05, 0.1) is 28.1 Å². The first-order valence-corrected chi connectivity index (χ1v) is 12.6. The number of hydrogen-bond acceptors (Lipinski definition) is 5. The molecular formula is C24H28N2O5S. The average Bonchev–Trinajstić information content (AvgIpc) is 3.61. The van der Waals surface area contributed by atoms with Crippen LogP contribution in [0, 0.1) is 5.92 Å². The molecule has 1 aliphatic heterocycles. The number of nitrogens with zero attached hydrogens (tertiary/aromatic N) is 2. The Morgan fingerprint density at radius 3 is 2.28 bits per heavy atom. The van der Waals surface area contributed by atoms with Gasteiger partial charge in [-0.3, -0.25) is 9.59 Å². The number of hydrogen-bond donors (Lipinski definition) is 1. The maximum atomic E-state index is 13.0. The van der Waals surface area contributed by atoms with Crippen LogP contribution in [0.15, 0.2) is 47.4 Å². The molecule has 1 fully saturated rings. The average molecular weight is 457 g/mol. The van der Waals surface area contributed by atoms with Crippen LogP contribution in [0.5, 0.6) is 0 Å². The maximum Gasteiger partial charge on any atom is 0.230 e. The molecule has 1 saturated carbocycles. The van der Waals surface area contributed by atoms with Crippen molar-refractivity contribution in [2.75, 3.05) is 28.7 Å². The van der Waals surface area contributed by atoms with Gasteiger partial charge in [0, 0.05) is 26.0 Å². The zero-order valence-electron chi connectivity index (χ0n) is 18.3. The molecule has 8 heteroatoms. The van der Waals surface area contributed by atoms with Gasteiger partial charge in [0.15, 0.2) is 9.84 Å². The Kier molecular flexibility index (Phi) is 6.09. The first-order chi connectivity index (χ1) is 15.2. The van der Waals surface area contributed by atoms with Gasteiger partial charge in [-0.2, -0.15) is 0 Å². The van der Waals surface area contributed by atoms with Gasteiger partial charge in [-0.05, 0) is 61.6 Å². The SMILES string of the molecule is CC(=O)N1c2ccc(-c3ccc(S(=O)(=O)CCCO)cc3)cc2N(C(=O)C2CC2)C[C@@H]1C. The first kappa shape index (κ1) is 22.5. The summed E-state index contributed by atoms with van der Waals surface area (Å²) in [6, 6.07) is 12.2. The van der Waals surface area contributed by atoms with Crippen LogP contribution in [0.2, 0.25) is 0 Å². The van der Waals surface area contributed by atoms with E-state index < -0.39 is 9.84 Å². The van der Waals surface area contributed by atoms with Crippen molar-refractivity contribution >= 4 is 33.0 Å². The van der Waals surface area contributed by atoms with Crippen LogP contribution in [0.3, 0.4) is 0 Å². The highest BCUT2D eigenvalue weighted by atomic mass is 32.2. The van der Waals surface area contributed by atoms with Crippen molar-refractivity contribution in [1.82, 2.24) is 0 Å². The minimum atomic E-state index is -3.44. The molecule has 0 bridgehead atoms. The third-order valence-corrected chi connectivity index (χ3v) is 7.88. The van der Waals surface area contributed by atoms with Crippen LogP contribution >= 0.6 is 0 Å². The number of anilines is 2. The van der Waals surface area contributed by atoms with Crippen molar-refractivity contribution in [2.24, 2.45) is 5.92 Å². The molecule has 32 heavy (non-hydrogen) atoms. The molecule has 1 atom stereocenters. The lowest BCUT2D eigenvalue weighted by Crippen LogP contribution is -2.51. The summed E-state index contributed by atoms with van der Waals surface area (Å²) in [5.74, 6) is -0.00356. The van der Waals surface area contributed by atoms with Crippen LogP contribution in [-0.2, 0) is 19.4 Å². The van der Waals surface area contributed by atoms with E-state index in [4.69, 9.17) is 5.11 Å². The van der Waals surface area contributed by atoms with Crippen molar-refractivity contribution in [3.63, 3.8) is 0 Å². The van der Waals surface area contributed by atoms with Gasteiger partial charge in [0.2, 0.25) is 11.8 Å². The topological polar surface area (TPSA) is 95.0 Å². The van der Waals surface area contributed by atoms with Gasteiger partial charge < -0.3 is 14.9 Å². The summed E-state index contributed by atoms with van der Waals surface area (Å²) < 4.78 is 24.7. The number of carbonyl (C=O) groups excluding carboxylic acids is 2. The third-order valence-electron chi connectivity index (χ3n) is 6.06. The number of aliphatic hydroxyl groups is 1. The van der Waals surface area contributed by atoms with Crippen molar-refractivity contribution in [3.8, 4) is 11.1 Å². The number of aliphatic hydroxyl groups excluding tert-OH is 1. The van der Waals surface area contributed by atoms with Crippen LogP contribution in [0.4, 0.5) is 11.4 Å². The summed E-state index contributed by atoms with van der Waals surface area (Å²) in [6.45, 7) is 3.76. The predicted octanol–water partition coefficient (Wildman–Crippen LogP) is 3.01. The lowest BCUT2D eigenvalue weighted by molar-refractivity contribution is -0.120. The first-order valence-electron chi connectivity index (χ1n) is 10.9. The summed E-state index contributed by atoms with van der Waals surface area (Å²) in [5.41, 5.74) is 3.10. The highest BCUT2D eigenvalue weighted by Gasteiger charge is 2.39. The van der Waals surface area contributed by atoms with E-state index in [9.17, 15) is 18.0 Å². The fraction of sp³-hybridized carbons (Fsp3) is 0.417. The molecule has 4 rings (SSSR count). The molecular weight excluding hydrogens is 428 g/mol. The van der Waals surface area contributed by atoms with Gasteiger partial charge in [-0.25, -0.2) is 8.42 Å². The largest absolute Gasteiger partial charge is 0.396 e. The summed E-state index contributed by atoms with van der Waals surface area (Å²) in [7, 11) is -3.44. The molecule has 2 amide bonds. The highest BCUT2D eigenvalue weighted by Crippen LogP contribution is 2.42. The molecule has 1 heterocycles. The van der Waals surface area contributed by atoms with E-state index in [0.717, 1.165) is 29.7 Å². The van der Waals surface area contributed by atoms with Gasteiger partial charge in [0.1, 0.15) is 0 Å². The van der Waals surface area contributed by atoms with E-state index in [1.807, 2.05) is 25.1 Å². The van der Waals surface area contributed by atoms with E-state index in [-0.39, 0.29) is 47.5 Å². The Bertz CT molecular complexity index is 1140. The van der Waals surface area contributed by atoms with E-state index in [1.165, 1.54) is 6.92 Å². The normalized spacial score (nSPS) is 18.4. The van der Waals surface area contributed by atoms with Crippen LogP contribution in [-0.4, -0.2) is 50.3 Å². The van der Waals surface area contributed by atoms with Crippen LogP contribution in [0.25, 0.3) is 11.1 Å².